The van der Waals surface area contributed by atoms with Gasteiger partial charge in [0.05, 0.1) is 28.3 Å². The number of para-hydroxylation sites is 6. The molecule has 47 heavy (non-hydrogen) atoms. The first-order valence-electron chi connectivity index (χ1n) is 16.0. The van der Waals surface area contributed by atoms with Crippen molar-refractivity contribution in [2.24, 2.45) is 0 Å². The Kier molecular flexibility index (Phi) is 5.44. The summed E-state index contributed by atoms with van der Waals surface area (Å²) in [5.41, 5.74) is 11.2. The minimum absolute atomic E-state index is 0.0536. The number of rotatable bonds is 3. The molecule has 0 bridgehead atoms. The van der Waals surface area contributed by atoms with Crippen LogP contribution >= 0.6 is 0 Å². The average molecular weight is 602 g/mol. The van der Waals surface area contributed by atoms with Crippen molar-refractivity contribution in [1.82, 2.24) is 4.57 Å². The van der Waals surface area contributed by atoms with Gasteiger partial charge in [0, 0.05) is 49.8 Å². The van der Waals surface area contributed by atoms with Gasteiger partial charge in [0.25, 0.3) is 0 Å². The number of nitrogens with zero attached hydrogens (tertiary/aromatic N) is 3. The van der Waals surface area contributed by atoms with Crippen LogP contribution in [0, 0.1) is 11.3 Å². The zero-order chi connectivity index (χ0) is 31.1. The molecule has 2 atom stereocenters. The predicted octanol–water partition coefficient (Wildman–Crippen LogP) is 8.95. The molecule has 220 valence electrons. The van der Waals surface area contributed by atoms with E-state index >= 15 is 0 Å². The smallest absolute Gasteiger partial charge is 0.135 e. The predicted molar refractivity (Wildman–Crippen MR) is 190 cm³/mol. The lowest BCUT2D eigenvalue weighted by atomic mass is 9.90. The van der Waals surface area contributed by atoms with Gasteiger partial charge >= 0.3 is 0 Å². The number of anilines is 2. The van der Waals surface area contributed by atoms with Gasteiger partial charge in [-0.15, -0.1) is 0 Å². The van der Waals surface area contributed by atoms with E-state index in [0.29, 0.717) is 5.56 Å². The van der Waals surface area contributed by atoms with Gasteiger partial charge in [0.15, 0.2) is 0 Å². The number of aromatic nitrogens is 1. The summed E-state index contributed by atoms with van der Waals surface area (Å²) in [6.07, 6.45) is 4.70. The zero-order valence-corrected chi connectivity index (χ0v) is 25.3. The number of benzene rings is 6. The van der Waals surface area contributed by atoms with Gasteiger partial charge in [0.2, 0.25) is 0 Å². The minimum Gasteiger partial charge on any atom is -0.456 e. The van der Waals surface area contributed by atoms with Gasteiger partial charge in [-0.05, 0) is 54.1 Å². The standard InChI is InChI=1S/C43H27N3O/c44-26-27-12-11-18-33(43(27)46-38-21-8-1-13-28(38)29-14-2-9-22-39(29)46)30-15-3-6-19-36(30)45-37-20-7-4-16-31(37)34-25-42-35(24-40(34)45)32-17-5-10-23-41(32)47-42/h1-25,34,40H. The van der Waals surface area contributed by atoms with E-state index in [1.54, 1.807) is 0 Å². The lowest BCUT2D eigenvalue weighted by Crippen LogP contribution is -2.37. The number of fused-ring (bicyclic) bond motifs is 9. The maximum atomic E-state index is 10.6. The maximum absolute atomic E-state index is 10.6. The maximum Gasteiger partial charge on any atom is 0.135 e. The van der Waals surface area contributed by atoms with Crippen LogP contribution < -0.4 is 15.5 Å². The normalized spacial score (nSPS) is 16.4. The van der Waals surface area contributed by atoms with Crippen LogP contribution in [-0.4, -0.2) is 10.6 Å². The third kappa shape index (κ3) is 3.63. The summed E-state index contributed by atoms with van der Waals surface area (Å²) in [7, 11) is 0. The van der Waals surface area contributed by atoms with E-state index in [0.717, 1.165) is 55.1 Å². The Morgan fingerprint density at radius 2 is 1.21 bits per heavy atom. The fourth-order valence-electron chi connectivity index (χ4n) is 8.03. The van der Waals surface area contributed by atoms with E-state index in [-0.39, 0.29) is 12.0 Å². The molecule has 0 radical (unpaired) electrons. The van der Waals surface area contributed by atoms with Crippen LogP contribution in [0.25, 0.3) is 61.7 Å². The Morgan fingerprint density at radius 3 is 2.00 bits per heavy atom. The Morgan fingerprint density at radius 1 is 0.574 bits per heavy atom. The molecule has 2 aromatic heterocycles. The van der Waals surface area contributed by atoms with Gasteiger partial charge in [0.1, 0.15) is 17.1 Å². The Bertz CT molecular complexity index is 2690. The molecule has 0 amide bonds. The third-order valence-corrected chi connectivity index (χ3v) is 9.97. The van der Waals surface area contributed by atoms with Gasteiger partial charge in [-0.3, -0.25) is 0 Å². The molecule has 1 aliphatic carbocycles. The number of hydrogen-bond donors (Lipinski definition) is 0. The van der Waals surface area contributed by atoms with Gasteiger partial charge < -0.3 is 13.9 Å². The molecule has 3 heterocycles. The van der Waals surface area contributed by atoms with Gasteiger partial charge in [-0.2, -0.15) is 5.26 Å². The van der Waals surface area contributed by atoms with E-state index in [2.05, 4.69) is 143 Å². The molecule has 2 aliphatic rings. The fourth-order valence-corrected chi connectivity index (χ4v) is 8.03. The van der Waals surface area contributed by atoms with Gasteiger partial charge in [-0.1, -0.05) is 103 Å². The van der Waals surface area contributed by atoms with Crippen molar-refractivity contribution in [2.45, 2.75) is 12.0 Å². The molecule has 4 nitrogen and oxygen atoms in total. The molecule has 0 N–H and O–H groups in total. The van der Waals surface area contributed by atoms with E-state index in [4.69, 9.17) is 4.42 Å². The Labute approximate surface area is 271 Å². The third-order valence-electron chi connectivity index (χ3n) is 9.97. The Balaban J connectivity index is 1.25. The molecule has 1 aliphatic heterocycles. The molecular weight excluding hydrogens is 574 g/mol. The van der Waals surface area contributed by atoms with E-state index in [1.807, 2.05) is 24.3 Å². The summed E-state index contributed by atoms with van der Waals surface area (Å²) in [5.74, 6) is 0.134. The highest BCUT2D eigenvalue weighted by Crippen LogP contribution is 2.50. The van der Waals surface area contributed by atoms with Crippen LogP contribution in [0.2, 0.25) is 0 Å². The van der Waals surface area contributed by atoms with Crippen LogP contribution in [0.1, 0.15) is 17.0 Å². The van der Waals surface area contributed by atoms with Crippen molar-refractivity contribution >= 4 is 56.3 Å². The first-order chi connectivity index (χ1) is 23.3. The zero-order valence-electron chi connectivity index (χ0n) is 25.3. The van der Waals surface area contributed by atoms with Crippen molar-refractivity contribution < 1.29 is 4.42 Å². The Hall–Kier alpha value is -6.31. The highest BCUT2D eigenvalue weighted by atomic mass is 16.3. The topological polar surface area (TPSA) is 45.1 Å². The number of hydrogen-bond acceptors (Lipinski definition) is 3. The number of furan rings is 1. The molecule has 4 heteroatoms. The molecule has 0 saturated carbocycles. The van der Waals surface area contributed by atoms with Crippen molar-refractivity contribution in [3.63, 3.8) is 0 Å². The quantitative estimate of drug-likeness (QED) is 0.203. The second-order valence-electron chi connectivity index (χ2n) is 12.4. The minimum atomic E-state index is 0.0536. The molecule has 0 saturated heterocycles. The summed E-state index contributed by atoms with van der Waals surface area (Å²) < 4.78 is 8.64. The monoisotopic (exact) mass is 601 g/mol. The molecular formula is C43H27N3O. The summed E-state index contributed by atoms with van der Waals surface area (Å²) in [4.78, 5) is 2.49. The van der Waals surface area contributed by atoms with E-state index in [1.165, 1.54) is 22.0 Å². The molecule has 0 spiro atoms. The van der Waals surface area contributed by atoms with Crippen LogP contribution in [0.15, 0.2) is 144 Å². The van der Waals surface area contributed by atoms with E-state index in [9.17, 15) is 5.26 Å². The van der Waals surface area contributed by atoms with Crippen LogP contribution in [-0.2, 0) is 0 Å². The SMILES string of the molecule is N#Cc1cccc(-c2ccccc2N2c3ccccc3C3C=c4oc5ccccc5c4=CC32)c1-n1c2ccccc2c2ccccc21. The van der Waals surface area contributed by atoms with Gasteiger partial charge in [-0.25, -0.2) is 0 Å². The van der Waals surface area contributed by atoms with Crippen molar-refractivity contribution in [2.75, 3.05) is 4.90 Å². The summed E-state index contributed by atoms with van der Waals surface area (Å²) in [5, 5.41) is 15.2. The van der Waals surface area contributed by atoms with Crippen molar-refractivity contribution in [3.8, 4) is 22.9 Å². The molecule has 0 fully saturated rings. The lowest BCUT2D eigenvalue weighted by molar-refractivity contribution is 0.567. The number of nitriles is 1. The van der Waals surface area contributed by atoms with Crippen molar-refractivity contribution in [3.05, 3.63) is 161 Å². The van der Waals surface area contributed by atoms with Crippen LogP contribution in [0.4, 0.5) is 11.4 Å². The molecule has 10 rings (SSSR count). The first kappa shape index (κ1) is 26.0. The van der Waals surface area contributed by atoms with E-state index < -0.39 is 0 Å². The molecule has 6 aromatic carbocycles. The first-order valence-corrected chi connectivity index (χ1v) is 16.0. The largest absolute Gasteiger partial charge is 0.456 e. The molecule has 2 unspecified atom stereocenters. The van der Waals surface area contributed by atoms with Crippen LogP contribution in [0.5, 0.6) is 0 Å². The summed E-state index contributed by atoms with van der Waals surface area (Å²) >= 11 is 0. The second-order valence-corrected chi connectivity index (χ2v) is 12.4. The van der Waals surface area contributed by atoms with Crippen molar-refractivity contribution in [1.29, 1.82) is 5.26 Å². The highest BCUT2D eigenvalue weighted by Gasteiger charge is 2.39. The second kappa shape index (κ2) is 9.84. The molecule has 8 aromatic rings. The van der Waals surface area contributed by atoms with Crippen LogP contribution in [0.3, 0.4) is 0 Å². The fraction of sp³-hybridized carbons (Fsp3) is 0.0465. The average Bonchev–Trinajstić information content (AvgIpc) is 3.77. The highest BCUT2D eigenvalue weighted by molar-refractivity contribution is 6.10. The lowest BCUT2D eigenvalue weighted by Gasteiger charge is -2.31. The summed E-state index contributed by atoms with van der Waals surface area (Å²) in [6.45, 7) is 0. The summed E-state index contributed by atoms with van der Waals surface area (Å²) in [6, 6.07) is 51.3.